The van der Waals surface area contributed by atoms with Crippen LogP contribution in [0.15, 0.2) is 41.7 Å². The van der Waals surface area contributed by atoms with Crippen LogP contribution in [0.25, 0.3) is 16.9 Å². The van der Waals surface area contributed by atoms with Gasteiger partial charge in [0.2, 0.25) is 0 Å². The predicted molar refractivity (Wildman–Crippen MR) is 201 cm³/mol. The first-order valence-electron chi connectivity index (χ1n) is 17.0. The van der Waals surface area contributed by atoms with Crippen molar-refractivity contribution in [2.24, 2.45) is 0 Å². The van der Waals surface area contributed by atoms with Gasteiger partial charge in [-0.15, -0.1) is 0 Å². The van der Waals surface area contributed by atoms with Crippen LogP contribution in [0.5, 0.6) is 5.75 Å². The highest BCUT2D eigenvalue weighted by molar-refractivity contribution is 6.75. The summed E-state index contributed by atoms with van der Waals surface area (Å²) in [6.45, 7) is 34.1. The molecule has 3 aromatic rings. The molecule has 13 heteroatoms. The number of imidazole rings is 1. The van der Waals surface area contributed by atoms with Crippen molar-refractivity contribution in [1.29, 1.82) is 0 Å². The summed E-state index contributed by atoms with van der Waals surface area (Å²) < 4.78 is 37.0. The summed E-state index contributed by atoms with van der Waals surface area (Å²) in [5.41, 5.74) is 1.10. The third kappa shape index (κ3) is 7.62. The van der Waals surface area contributed by atoms with Crippen LogP contribution in [0.3, 0.4) is 0 Å². The van der Waals surface area contributed by atoms with Gasteiger partial charge in [-0.25, -0.2) is 9.97 Å². The van der Waals surface area contributed by atoms with E-state index in [0.29, 0.717) is 23.7 Å². The lowest BCUT2D eigenvalue weighted by molar-refractivity contribution is -0.0470. The molecular weight excluding hydrogens is 657 g/mol. The molecule has 4 atom stereocenters. The van der Waals surface area contributed by atoms with E-state index in [1.807, 2.05) is 28.8 Å². The maximum atomic E-state index is 13.8. The molecule has 1 aromatic carbocycles. The Morgan fingerprint density at radius 3 is 1.77 bits per heavy atom. The summed E-state index contributed by atoms with van der Waals surface area (Å²) in [6.07, 6.45) is 1.30. The molecule has 0 saturated carbocycles. The molecule has 0 radical (unpaired) electrons. The monoisotopic (exact) mass is 716 g/mol. The minimum atomic E-state index is -2.35. The third-order valence-corrected chi connectivity index (χ3v) is 24.7. The van der Waals surface area contributed by atoms with Crippen molar-refractivity contribution >= 4 is 36.1 Å². The van der Waals surface area contributed by atoms with Crippen molar-refractivity contribution in [3.8, 4) is 11.4 Å². The van der Waals surface area contributed by atoms with E-state index in [1.165, 1.54) is 4.57 Å². The summed E-state index contributed by atoms with van der Waals surface area (Å²) in [6, 6.07) is 7.27. The topological polar surface area (TPSA) is 98.9 Å². The molecule has 4 rings (SSSR count). The molecule has 0 spiro atoms. The van der Waals surface area contributed by atoms with Crippen LogP contribution in [0.2, 0.25) is 54.4 Å². The van der Waals surface area contributed by atoms with E-state index in [4.69, 9.17) is 27.7 Å². The SMILES string of the molecule is COc1ccc(-n2cnc3c(ncn3[C@@H]3O[C@H](CO[Si](C)(C)C(C)(C)C)[C@@H](O[Si](C)(C)C(C)(C)C)[C@H]3O[Si](C)(C)C(C)(C)C)c2=O)cc1. The zero-order valence-corrected chi connectivity index (χ0v) is 35.2. The van der Waals surface area contributed by atoms with E-state index in [9.17, 15) is 4.79 Å². The fourth-order valence-corrected chi connectivity index (χ4v) is 8.52. The first-order chi connectivity index (χ1) is 21.8. The maximum absolute atomic E-state index is 13.8. The summed E-state index contributed by atoms with van der Waals surface area (Å²) in [5.74, 6) is 0.706. The van der Waals surface area contributed by atoms with Crippen LogP contribution < -0.4 is 10.3 Å². The molecule has 0 aliphatic carbocycles. The number of nitrogens with zero attached hydrogens (tertiary/aromatic N) is 4. The second kappa shape index (κ2) is 13.2. The fraction of sp³-hybridized carbons (Fsp3) is 0.686. The van der Waals surface area contributed by atoms with Gasteiger partial charge in [-0.3, -0.25) is 13.9 Å². The predicted octanol–water partition coefficient (Wildman–Crippen LogP) is 8.29. The fourth-order valence-electron chi connectivity index (χ4n) is 4.90. The highest BCUT2D eigenvalue weighted by atomic mass is 28.4. The van der Waals surface area contributed by atoms with E-state index >= 15 is 0 Å². The Balaban J connectivity index is 1.85. The number of ether oxygens (including phenoxy) is 2. The number of fused-ring (bicyclic) bond motifs is 1. The summed E-state index contributed by atoms with van der Waals surface area (Å²) >= 11 is 0. The molecule has 1 aliphatic rings. The summed E-state index contributed by atoms with van der Waals surface area (Å²) in [4.78, 5) is 23.2. The molecule has 1 aliphatic heterocycles. The Kier molecular flexibility index (Phi) is 10.6. The summed E-state index contributed by atoms with van der Waals surface area (Å²) in [5, 5.41) is -0.0600. The van der Waals surface area contributed by atoms with Crippen molar-refractivity contribution in [2.75, 3.05) is 13.7 Å². The van der Waals surface area contributed by atoms with E-state index in [-0.39, 0.29) is 26.2 Å². The molecular formula is C35H60N4O6Si3. The van der Waals surface area contributed by atoms with Crippen molar-refractivity contribution in [1.82, 2.24) is 19.1 Å². The van der Waals surface area contributed by atoms with Crippen molar-refractivity contribution in [2.45, 2.75) is 141 Å². The molecule has 3 heterocycles. The van der Waals surface area contributed by atoms with Gasteiger partial charge in [0.1, 0.15) is 30.4 Å². The number of rotatable bonds is 10. The maximum Gasteiger partial charge on any atom is 0.286 e. The van der Waals surface area contributed by atoms with Gasteiger partial charge in [0.05, 0.1) is 25.7 Å². The molecule has 1 saturated heterocycles. The minimum Gasteiger partial charge on any atom is -0.497 e. The minimum absolute atomic E-state index is 0.0338. The Hall–Kier alpha value is -2.14. The zero-order chi connectivity index (χ0) is 36.3. The molecule has 48 heavy (non-hydrogen) atoms. The number of methoxy groups -OCH3 is 1. The molecule has 0 unspecified atom stereocenters. The molecule has 0 N–H and O–H groups in total. The van der Waals surface area contributed by atoms with Crippen LogP contribution in [0.1, 0.15) is 68.5 Å². The normalized spacial score (nSPS) is 21.7. The van der Waals surface area contributed by atoms with Gasteiger partial charge < -0.3 is 22.8 Å². The third-order valence-electron chi connectivity index (χ3n) is 11.3. The number of hydrogen-bond acceptors (Lipinski definition) is 8. The lowest BCUT2D eigenvalue weighted by Gasteiger charge is -2.44. The average molecular weight is 717 g/mol. The molecule has 0 amide bonds. The smallest absolute Gasteiger partial charge is 0.286 e. The van der Waals surface area contributed by atoms with Gasteiger partial charge in [-0.05, 0) is 78.7 Å². The van der Waals surface area contributed by atoms with Crippen LogP contribution in [0, 0.1) is 0 Å². The van der Waals surface area contributed by atoms with Crippen LogP contribution in [-0.4, -0.2) is 76.1 Å². The van der Waals surface area contributed by atoms with E-state index < -0.39 is 49.5 Å². The lowest BCUT2D eigenvalue weighted by atomic mass is 10.1. The van der Waals surface area contributed by atoms with Crippen molar-refractivity contribution < 1.29 is 22.8 Å². The van der Waals surface area contributed by atoms with Gasteiger partial charge in [-0.1, -0.05) is 62.3 Å². The van der Waals surface area contributed by atoms with E-state index in [2.05, 4.69) is 107 Å². The largest absolute Gasteiger partial charge is 0.497 e. The second-order valence-electron chi connectivity index (χ2n) is 17.8. The van der Waals surface area contributed by atoms with Crippen LogP contribution in [-0.2, 0) is 18.0 Å². The highest BCUT2D eigenvalue weighted by Gasteiger charge is 2.55. The molecule has 1 fully saturated rings. The Morgan fingerprint density at radius 1 is 0.750 bits per heavy atom. The van der Waals surface area contributed by atoms with Gasteiger partial charge in [-0.2, -0.15) is 0 Å². The summed E-state index contributed by atoms with van der Waals surface area (Å²) in [7, 11) is -5.17. The van der Waals surface area contributed by atoms with Crippen molar-refractivity contribution in [3.63, 3.8) is 0 Å². The van der Waals surface area contributed by atoms with Gasteiger partial charge in [0.25, 0.3) is 5.56 Å². The van der Waals surface area contributed by atoms with Crippen LogP contribution >= 0.6 is 0 Å². The Labute approximate surface area is 290 Å². The standard InChI is InChI=1S/C35H60N4O6Si3/c1-33(2,3)46(11,12)42-21-26-28(44-47(13,14)34(4,5)6)29(45-48(15,16)35(7,8)9)32(43-26)39-22-36-27-30(39)37-23-38(31(27)40)24-17-19-25(41-10)20-18-24/h17-20,22-23,26,28-29,32H,21H2,1-16H3/t26-,28-,29-,32-/m1/s1. The number of benzene rings is 1. The Morgan fingerprint density at radius 2 is 1.27 bits per heavy atom. The van der Waals surface area contributed by atoms with Crippen molar-refractivity contribution in [3.05, 3.63) is 47.3 Å². The van der Waals surface area contributed by atoms with Gasteiger partial charge in [0, 0.05) is 0 Å². The zero-order valence-electron chi connectivity index (χ0n) is 32.2. The molecule has 10 nitrogen and oxygen atoms in total. The highest BCUT2D eigenvalue weighted by Crippen LogP contribution is 2.47. The number of hydrogen-bond donors (Lipinski definition) is 0. The van der Waals surface area contributed by atoms with Gasteiger partial charge in [0.15, 0.2) is 42.3 Å². The number of aromatic nitrogens is 4. The van der Waals surface area contributed by atoms with E-state index in [0.717, 1.165) is 0 Å². The van der Waals surface area contributed by atoms with Gasteiger partial charge >= 0.3 is 0 Å². The average Bonchev–Trinajstić information content (AvgIpc) is 3.52. The quantitative estimate of drug-likeness (QED) is 0.193. The lowest BCUT2D eigenvalue weighted by Crippen LogP contribution is -2.54. The Bertz CT molecular complexity index is 1630. The molecule has 0 bridgehead atoms. The van der Waals surface area contributed by atoms with Crippen LogP contribution in [0.4, 0.5) is 0 Å². The van der Waals surface area contributed by atoms with E-state index in [1.54, 1.807) is 19.8 Å². The first kappa shape index (κ1) is 38.7. The first-order valence-corrected chi connectivity index (χ1v) is 25.8. The second-order valence-corrected chi connectivity index (χ2v) is 32.1. The molecule has 268 valence electrons. The molecule has 2 aromatic heterocycles.